The van der Waals surface area contributed by atoms with Gasteiger partial charge in [-0.3, -0.25) is 4.79 Å². The quantitative estimate of drug-likeness (QED) is 0.773. The van der Waals surface area contributed by atoms with Crippen LogP contribution in [0.25, 0.3) is 0 Å². The molecule has 1 aliphatic carbocycles. The molecule has 2 aliphatic rings. The van der Waals surface area contributed by atoms with Gasteiger partial charge in [0.15, 0.2) is 0 Å². The Kier molecular flexibility index (Phi) is 5.63. The molecule has 1 saturated heterocycles. The SMILES string of the molecule is CCC1CN(CCC2CCCC2(NC)C(=O)O)CCN1C. The second-order valence-corrected chi connectivity index (χ2v) is 6.75. The molecular weight excluding hydrogens is 266 g/mol. The topological polar surface area (TPSA) is 55.8 Å². The highest BCUT2D eigenvalue weighted by molar-refractivity contribution is 5.79. The Labute approximate surface area is 128 Å². The van der Waals surface area contributed by atoms with E-state index in [4.69, 9.17) is 0 Å². The number of rotatable bonds is 6. The highest BCUT2D eigenvalue weighted by atomic mass is 16.4. The van der Waals surface area contributed by atoms with Crippen LogP contribution in [0.3, 0.4) is 0 Å². The molecule has 0 spiro atoms. The number of piperazine rings is 1. The van der Waals surface area contributed by atoms with Crippen LogP contribution >= 0.6 is 0 Å². The minimum Gasteiger partial charge on any atom is -0.480 e. The van der Waals surface area contributed by atoms with E-state index in [0.29, 0.717) is 6.04 Å². The maximum Gasteiger partial charge on any atom is 0.324 e. The van der Waals surface area contributed by atoms with Crippen molar-refractivity contribution >= 4 is 5.97 Å². The number of carboxylic acid groups (broad SMARTS) is 1. The molecule has 0 aromatic carbocycles. The molecule has 0 aromatic rings. The van der Waals surface area contributed by atoms with Crippen molar-refractivity contribution in [3.63, 3.8) is 0 Å². The third-order valence-corrected chi connectivity index (χ3v) is 5.77. The second kappa shape index (κ2) is 7.07. The Balaban J connectivity index is 1.89. The van der Waals surface area contributed by atoms with Crippen LogP contribution in [0.4, 0.5) is 0 Å². The summed E-state index contributed by atoms with van der Waals surface area (Å²) in [4.78, 5) is 16.6. The molecule has 0 radical (unpaired) electrons. The van der Waals surface area contributed by atoms with Gasteiger partial charge in [-0.2, -0.15) is 0 Å². The minimum absolute atomic E-state index is 0.264. The summed E-state index contributed by atoms with van der Waals surface area (Å²) in [6.45, 7) is 6.64. The van der Waals surface area contributed by atoms with Gasteiger partial charge < -0.3 is 20.2 Å². The fourth-order valence-electron chi connectivity index (χ4n) is 4.18. The number of nitrogens with one attached hydrogen (secondary N) is 1. The highest BCUT2D eigenvalue weighted by Gasteiger charge is 2.47. The van der Waals surface area contributed by atoms with Gasteiger partial charge in [-0.15, -0.1) is 0 Å². The summed E-state index contributed by atoms with van der Waals surface area (Å²) in [5.74, 6) is -0.406. The van der Waals surface area contributed by atoms with Crippen molar-refractivity contribution < 1.29 is 9.90 Å². The molecule has 1 aliphatic heterocycles. The summed E-state index contributed by atoms with van der Waals surface area (Å²) in [5.41, 5.74) is -0.684. The summed E-state index contributed by atoms with van der Waals surface area (Å²) in [6.07, 6.45) is 5.01. The van der Waals surface area contributed by atoms with E-state index in [1.54, 1.807) is 7.05 Å². The van der Waals surface area contributed by atoms with E-state index < -0.39 is 11.5 Å². The molecule has 0 amide bonds. The average Bonchev–Trinajstić information content (AvgIpc) is 2.90. The van der Waals surface area contributed by atoms with Gasteiger partial charge >= 0.3 is 5.97 Å². The lowest BCUT2D eigenvalue weighted by molar-refractivity contribution is -0.146. The molecular formula is C16H31N3O2. The van der Waals surface area contributed by atoms with Crippen LogP contribution in [-0.2, 0) is 4.79 Å². The van der Waals surface area contributed by atoms with Crippen LogP contribution in [0.1, 0.15) is 39.0 Å². The standard InChI is InChI=1S/C16H31N3O2/c1-4-14-12-19(11-10-18(14)3)9-7-13-6-5-8-16(13,17-2)15(20)21/h13-14,17H,4-12H2,1-3H3,(H,20,21). The first-order valence-corrected chi connectivity index (χ1v) is 8.38. The van der Waals surface area contributed by atoms with Gasteiger partial charge in [0.25, 0.3) is 0 Å². The zero-order valence-electron chi connectivity index (χ0n) is 13.8. The van der Waals surface area contributed by atoms with E-state index in [9.17, 15) is 9.90 Å². The normalized spacial score (nSPS) is 35.2. The van der Waals surface area contributed by atoms with Crippen molar-refractivity contribution in [1.29, 1.82) is 0 Å². The van der Waals surface area contributed by atoms with Gasteiger partial charge in [0.05, 0.1) is 0 Å². The number of hydrogen-bond donors (Lipinski definition) is 2. The predicted molar refractivity (Wildman–Crippen MR) is 84.5 cm³/mol. The average molecular weight is 297 g/mol. The molecule has 2 fully saturated rings. The molecule has 5 heteroatoms. The lowest BCUT2D eigenvalue weighted by atomic mass is 9.84. The van der Waals surface area contributed by atoms with E-state index in [1.807, 2.05) is 0 Å². The summed E-state index contributed by atoms with van der Waals surface area (Å²) in [7, 11) is 4.01. The van der Waals surface area contributed by atoms with Gasteiger partial charge in [-0.25, -0.2) is 0 Å². The smallest absolute Gasteiger partial charge is 0.324 e. The number of nitrogens with zero attached hydrogens (tertiary/aromatic N) is 2. The van der Waals surface area contributed by atoms with Gasteiger partial charge in [-0.05, 0) is 52.2 Å². The first-order chi connectivity index (χ1) is 10.0. The molecule has 3 atom stereocenters. The molecule has 1 saturated carbocycles. The fourth-order valence-corrected chi connectivity index (χ4v) is 4.18. The zero-order chi connectivity index (χ0) is 15.5. The first kappa shape index (κ1) is 16.7. The number of carbonyl (C=O) groups is 1. The Morgan fingerprint density at radius 3 is 2.81 bits per heavy atom. The van der Waals surface area contributed by atoms with E-state index in [-0.39, 0.29) is 5.92 Å². The molecule has 5 nitrogen and oxygen atoms in total. The second-order valence-electron chi connectivity index (χ2n) is 6.75. The molecule has 21 heavy (non-hydrogen) atoms. The summed E-state index contributed by atoms with van der Waals surface area (Å²) < 4.78 is 0. The van der Waals surface area contributed by atoms with Crippen molar-refractivity contribution in [2.24, 2.45) is 5.92 Å². The largest absolute Gasteiger partial charge is 0.480 e. The van der Waals surface area contributed by atoms with E-state index >= 15 is 0 Å². The van der Waals surface area contributed by atoms with Crippen LogP contribution in [0.2, 0.25) is 0 Å². The van der Waals surface area contributed by atoms with Crippen molar-refractivity contribution in [2.75, 3.05) is 40.3 Å². The van der Waals surface area contributed by atoms with Crippen LogP contribution < -0.4 is 5.32 Å². The van der Waals surface area contributed by atoms with Crippen molar-refractivity contribution in [3.8, 4) is 0 Å². The van der Waals surface area contributed by atoms with E-state index in [2.05, 4.69) is 29.1 Å². The van der Waals surface area contributed by atoms with Crippen LogP contribution in [0.5, 0.6) is 0 Å². The fraction of sp³-hybridized carbons (Fsp3) is 0.938. The molecule has 0 aromatic heterocycles. The monoisotopic (exact) mass is 297 g/mol. The van der Waals surface area contributed by atoms with Gasteiger partial charge in [0, 0.05) is 25.7 Å². The maximum atomic E-state index is 11.7. The minimum atomic E-state index is -0.684. The maximum absolute atomic E-state index is 11.7. The number of likely N-dealkylation sites (N-methyl/N-ethyl adjacent to an activating group) is 2. The van der Waals surface area contributed by atoms with Gasteiger partial charge in [0.1, 0.15) is 5.54 Å². The number of aliphatic carboxylic acids is 1. The Morgan fingerprint density at radius 2 is 2.19 bits per heavy atom. The third-order valence-electron chi connectivity index (χ3n) is 5.77. The summed E-state index contributed by atoms with van der Waals surface area (Å²) >= 11 is 0. The molecule has 3 unspecified atom stereocenters. The van der Waals surface area contributed by atoms with Crippen molar-refractivity contribution in [2.45, 2.75) is 50.6 Å². The highest BCUT2D eigenvalue weighted by Crippen LogP contribution is 2.38. The first-order valence-electron chi connectivity index (χ1n) is 8.38. The molecule has 0 bridgehead atoms. The zero-order valence-corrected chi connectivity index (χ0v) is 13.8. The molecule has 2 rings (SSSR count). The Morgan fingerprint density at radius 1 is 1.43 bits per heavy atom. The molecule has 2 N–H and O–H groups in total. The van der Waals surface area contributed by atoms with E-state index in [0.717, 1.165) is 51.9 Å². The van der Waals surface area contributed by atoms with Crippen molar-refractivity contribution in [3.05, 3.63) is 0 Å². The van der Waals surface area contributed by atoms with Crippen molar-refractivity contribution in [1.82, 2.24) is 15.1 Å². The van der Waals surface area contributed by atoms with Crippen LogP contribution in [-0.4, -0.2) is 72.7 Å². The molecule has 1 heterocycles. The predicted octanol–water partition coefficient (Wildman–Crippen LogP) is 1.25. The Hall–Kier alpha value is -0.650. The van der Waals surface area contributed by atoms with Crippen LogP contribution in [0, 0.1) is 5.92 Å². The number of hydrogen-bond acceptors (Lipinski definition) is 4. The number of carboxylic acids is 1. The summed E-state index contributed by atoms with van der Waals surface area (Å²) in [6, 6.07) is 0.649. The summed E-state index contributed by atoms with van der Waals surface area (Å²) in [5, 5.41) is 12.7. The lowest BCUT2D eigenvalue weighted by Crippen LogP contribution is -2.55. The van der Waals surface area contributed by atoms with E-state index in [1.165, 1.54) is 6.42 Å². The molecule has 122 valence electrons. The third kappa shape index (κ3) is 3.41. The Bertz CT molecular complexity index is 363. The van der Waals surface area contributed by atoms with Crippen LogP contribution in [0.15, 0.2) is 0 Å². The van der Waals surface area contributed by atoms with Gasteiger partial charge in [-0.1, -0.05) is 13.3 Å². The van der Waals surface area contributed by atoms with Gasteiger partial charge in [0.2, 0.25) is 0 Å². The lowest BCUT2D eigenvalue weighted by Gasteiger charge is -2.40.